The van der Waals surface area contributed by atoms with Gasteiger partial charge in [-0.3, -0.25) is 14.2 Å². The van der Waals surface area contributed by atoms with Gasteiger partial charge in [-0.15, -0.1) is 0 Å². The topological polar surface area (TPSA) is 82.4 Å². The summed E-state index contributed by atoms with van der Waals surface area (Å²) in [4.78, 5) is 34.7. The molecule has 0 bridgehead atoms. The number of rotatable bonds is 6. The Balaban J connectivity index is 1.74. The van der Waals surface area contributed by atoms with Crippen LogP contribution in [0.25, 0.3) is 6.08 Å². The molecule has 0 fully saturated rings. The van der Waals surface area contributed by atoms with E-state index in [0.29, 0.717) is 50.9 Å². The van der Waals surface area contributed by atoms with Gasteiger partial charge in [0.25, 0.3) is 11.5 Å². The molecule has 2 aliphatic heterocycles. The lowest BCUT2D eigenvalue weighted by Crippen LogP contribution is -2.43. The molecule has 10 heteroatoms. The highest BCUT2D eigenvalue weighted by atomic mass is 79.9. The number of carbonyl (C=O) groups is 1. The Kier molecular flexibility index (Phi) is 6.96. The van der Waals surface area contributed by atoms with Gasteiger partial charge in [0.2, 0.25) is 6.79 Å². The first-order valence-electron chi connectivity index (χ1n) is 11.9. The number of methoxy groups -OCH3 is 1. The van der Waals surface area contributed by atoms with Gasteiger partial charge in [-0.1, -0.05) is 45.5 Å². The van der Waals surface area contributed by atoms with Crippen LogP contribution < -0.4 is 29.1 Å². The summed E-state index contributed by atoms with van der Waals surface area (Å²) in [6.07, 6.45) is 1.81. The number of hydrogen-bond acceptors (Lipinski definition) is 7. The summed E-state index contributed by atoms with van der Waals surface area (Å²) >= 11 is 4.86. The molecular weight excluding hydrogens is 558 g/mol. The van der Waals surface area contributed by atoms with Gasteiger partial charge in [0.15, 0.2) is 16.3 Å². The van der Waals surface area contributed by atoms with Crippen LogP contribution in [0.2, 0.25) is 0 Å². The predicted molar refractivity (Wildman–Crippen MR) is 145 cm³/mol. The molecule has 0 saturated heterocycles. The van der Waals surface area contributed by atoms with Crippen LogP contribution in [0, 0.1) is 0 Å². The van der Waals surface area contributed by atoms with Crippen molar-refractivity contribution >= 4 is 39.2 Å². The molecule has 1 atom stereocenters. The van der Waals surface area contributed by atoms with Gasteiger partial charge in [0, 0.05) is 23.1 Å². The zero-order valence-corrected chi connectivity index (χ0v) is 23.3. The number of hydrogen-bond donors (Lipinski definition) is 0. The molecule has 0 N–H and O–H groups in total. The van der Waals surface area contributed by atoms with E-state index in [1.807, 2.05) is 57.2 Å². The fourth-order valence-electron chi connectivity index (χ4n) is 4.65. The maximum Gasteiger partial charge on any atom is 0.271 e. The lowest BCUT2D eigenvalue weighted by atomic mass is 9.94. The molecule has 3 aromatic rings. The quantitative estimate of drug-likeness (QED) is 0.443. The molecule has 1 amide bonds. The summed E-state index contributed by atoms with van der Waals surface area (Å²) in [6, 6.07) is 10.5. The van der Waals surface area contributed by atoms with E-state index >= 15 is 0 Å². The average Bonchev–Trinajstić information content (AvgIpc) is 3.47. The van der Waals surface area contributed by atoms with Crippen molar-refractivity contribution in [2.24, 2.45) is 4.99 Å². The summed E-state index contributed by atoms with van der Waals surface area (Å²) < 4.78 is 19.5. The van der Waals surface area contributed by atoms with Crippen molar-refractivity contribution in [3.8, 4) is 17.2 Å². The Bertz CT molecular complexity index is 1600. The van der Waals surface area contributed by atoms with Gasteiger partial charge < -0.3 is 19.1 Å². The highest BCUT2D eigenvalue weighted by molar-refractivity contribution is 9.10. The van der Waals surface area contributed by atoms with Crippen molar-refractivity contribution in [2.45, 2.75) is 26.8 Å². The summed E-state index contributed by atoms with van der Waals surface area (Å²) in [5, 5.41) is 0. The van der Waals surface area contributed by atoms with E-state index in [0.717, 1.165) is 15.6 Å². The zero-order valence-electron chi connectivity index (χ0n) is 20.9. The Morgan fingerprint density at radius 2 is 1.95 bits per heavy atom. The fourth-order valence-corrected chi connectivity index (χ4v) is 6.12. The Labute approximate surface area is 226 Å². The third-order valence-electron chi connectivity index (χ3n) is 6.51. The number of thiazole rings is 1. The lowest BCUT2D eigenvalue weighted by molar-refractivity contribution is -0.127. The van der Waals surface area contributed by atoms with Crippen LogP contribution in [0.3, 0.4) is 0 Å². The third kappa shape index (κ3) is 4.38. The minimum Gasteiger partial charge on any atom is -0.496 e. The van der Waals surface area contributed by atoms with Crippen LogP contribution in [-0.2, 0) is 4.79 Å². The van der Waals surface area contributed by atoms with Crippen molar-refractivity contribution < 1.29 is 19.0 Å². The molecule has 0 saturated carbocycles. The van der Waals surface area contributed by atoms with Gasteiger partial charge in [0.05, 0.1) is 22.9 Å². The molecule has 0 radical (unpaired) electrons. The number of amides is 1. The third-order valence-corrected chi connectivity index (χ3v) is 8.18. The first-order chi connectivity index (χ1) is 17.9. The average molecular weight is 584 g/mol. The summed E-state index contributed by atoms with van der Waals surface area (Å²) in [6.45, 7) is 6.96. The van der Waals surface area contributed by atoms with E-state index in [9.17, 15) is 9.59 Å². The van der Waals surface area contributed by atoms with E-state index in [-0.39, 0.29) is 18.3 Å². The summed E-state index contributed by atoms with van der Waals surface area (Å²) in [7, 11) is 1.59. The normalized spacial score (nSPS) is 16.5. The Morgan fingerprint density at radius 1 is 1.24 bits per heavy atom. The molecule has 37 heavy (non-hydrogen) atoms. The number of aromatic nitrogens is 1. The standard InChI is InChI=1S/C27H26BrN3O5S/c1-5-30(6-2)26(33)23-15(3)29-27-31(24(23)17-9-7-8-10-19(17)34-4)25(32)22(37-27)12-16-11-20-21(13-18(16)28)36-14-35-20/h7-13,24H,5-6,14H2,1-4H3/b22-12+/t24-/m0/s1. The van der Waals surface area contributed by atoms with Gasteiger partial charge in [-0.25, -0.2) is 4.99 Å². The maximum atomic E-state index is 14.0. The molecule has 5 rings (SSSR count). The Hall–Kier alpha value is -3.37. The molecule has 3 heterocycles. The molecule has 192 valence electrons. The minimum atomic E-state index is -0.678. The highest BCUT2D eigenvalue weighted by Crippen LogP contribution is 2.38. The zero-order chi connectivity index (χ0) is 26.3. The summed E-state index contributed by atoms with van der Waals surface area (Å²) in [5.41, 5.74) is 2.33. The van der Waals surface area contributed by atoms with Crippen LogP contribution in [0.15, 0.2) is 61.9 Å². The number of halogens is 1. The second kappa shape index (κ2) is 10.2. The molecule has 2 aromatic carbocycles. The first-order valence-corrected chi connectivity index (χ1v) is 13.5. The van der Waals surface area contributed by atoms with Gasteiger partial charge >= 0.3 is 0 Å². The Morgan fingerprint density at radius 3 is 2.65 bits per heavy atom. The number of carbonyl (C=O) groups excluding carboxylic acids is 1. The van der Waals surface area contributed by atoms with Crippen LogP contribution in [0.4, 0.5) is 0 Å². The lowest BCUT2D eigenvalue weighted by Gasteiger charge is -2.29. The SMILES string of the molecule is CCN(CC)C(=O)C1=C(C)N=c2s/c(=C/c3cc4c(cc3Br)OCO4)c(=O)n2[C@H]1c1ccccc1OC. The van der Waals surface area contributed by atoms with Crippen molar-refractivity contribution in [3.63, 3.8) is 0 Å². The van der Waals surface area contributed by atoms with E-state index in [1.54, 1.807) is 22.7 Å². The molecule has 0 unspecified atom stereocenters. The van der Waals surface area contributed by atoms with E-state index in [2.05, 4.69) is 15.9 Å². The number of fused-ring (bicyclic) bond motifs is 2. The summed E-state index contributed by atoms with van der Waals surface area (Å²) in [5.74, 6) is 1.73. The molecule has 0 aliphatic carbocycles. The molecule has 2 aliphatic rings. The molecule has 8 nitrogen and oxygen atoms in total. The van der Waals surface area contributed by atoms with Crippen molar-refractivity contribution in [2.75, 3.05) is 27.0 Å². The highest BCUT2D eigenvalue weighted by Gasteiger charge is 2.35. The number of allylic oxidation sites excluding steroid dienone is 1. The number of para-hydroxylation sites is 1. The second-order valence-corrected chi connectivity index (χ2v) is 10.4. The first kappa shape index (κ1) is 25.3. The smallest absolute Gasteiger partial charge is 0.271 e. The van der Waals surface area contributed by atoms with Crippen LogP contribution in [-0.4, -0.2) is 42.4 Å². The number of benzene rings is 2. The number of likely N-dealkylation sites (N-methyl/N-ethyl adjacent to an activating group) is 1. The van der Waals surface area contributed by atoms with E-state index in [1.165, 1.54) is 11.3 Å². The molecular formula is C27H26BrN3O5S. The largest absolute Gasteiger partial charge is 0.496 e. The van der Waals surface area contributed by atoms with Gasteiger partial charge in [-0.05, 0) is 50.6 Å². The van der Waals surface area contributed by atoms with Gasteiger partial charge in [0.1, 0.15) is 11.8 Å². The molecule has 1 aromatic heterocycles. The maximum absolute atomic E-state index is 14.0. The van der Waals surface area contributed by atoms with Crippen LogP contribution in [0.1, 0.15) is 37.9 Å². The monoisotopic (exact) mass is 583 g/mol. The number of nitrogens with zero attached hydrogens (tertiary/aromatic N) is 3. The van der Waals surface area contributed by atoms with Crippen LogP contribution >= 0.6 is 27.3 Å². The van der Waals surface area contributed by atoms with Crippen molar-refractivity contribution in [3.05, 3.63) is 83.0 Å². The van der Waals surface area contributed by atoms with Gasteiger partial charge in [-0.2, -0.15) is 0 Å². The predicted octanol–water partition coefficient (Wildman–Crippen LogP) is 3.60. The fraction of sp³-hybridized carbons (Fsp3) is 0.296. The molecule has 0 spiro atoms. The van der Waals surface area contributed by atoms with Crippen molar-refractivity contribution in [1.29, 1.82) is 0 Å². The van der Waals surface area contributed by atoms with E-state index < -0.39 is 6.04 Å². The van der Waals surface area contributed by atoms with E-state index in [4.69, 9.17) is 19.2 Å². The second-order valence-electron chi connectivity index (χ2n) is 8.53. The van der Waals surface area contributed by atoms with Crippen molar-refractivity contribution in [1.82, 2.24) is 9.47 Å². The number of ether oxygens (including phenoxy) is 3. The van der Waals surface area contributed by atoms with Crippen LogP contribution in [0.5, 0.6) is 17.2 Å². The minimum absolute atomic E-state index is 0.144.